The average molecular weight is 231 g/mol. The van der Waals surface area contributed by atoms with E-state index in [1.165, 1.54) is 36.4 Å². The molecule has 0 amide bonds. The third-order valence-corrected chi connectivity index (χ3v) is 4.36. The Bertz CT molecular complexity index is 223. The van der Waals surface area contributed by atoms with Crippen LogP contribution in [0.5, 0.6) is 0 Å². The second-order valence-corrected chi connectivity index (χ2v) is 5.42. The zero-order valence-corrected chi connectivity index (χ0v) is 9.88. The minimum Gasteiger partial charge on any atom is -0.760 e. The van der Waals surface area contributed by atoms with E-state index >= 15 is 0 Å². The van der Waals surface area contributed by atoms with Crippen molar-refractivity contribution in [3.63, 3.8) is 0 Å². The summed E-state index contributed by atoms with van der Waals surface area (Å²) in [6.07, 6.45) is 6.68. The van der Waals surface area contributed by atoms with Gasteiger partial charge in [-0.05, 0) is 12.8 Å². The van der Waals surface area contributed by atoms with E-state index in [9.17, 15) is 8.76 Å². The molecule has 0 radical (unpaired) electrons. The van der Waals surface area contributed by atoms with Gasteiger partial charge in [0.05, 0.1) is 0 Å². The first-order chi connectivity index (χ1) is 7.27. The van der Waals surface area contributed by atoms with Crippen molar-refractivity contribution in [2.45, 2.75) is 38.1 Å². The standard InChI is InChI=1S/C10H20N2O2S/c13-15(14)12-8-6-11(7-9-12)10-4-2-1-3-5-10/h10H,1-9H2,(H,13,14)/p-1. The Kier molecular flexibility index (Phi) is 4.13. The molecule has 4 nitrogen and oxygen atoms in total. The lowest BCUT2D eigenvalue weighted by molar-refractivity contribution is 0.110. The number of piperazine rings is 1. The van der Waals surface area contributed by atoms with Crippen LogP contribution < -0.4 is 0 Å². The van der Waals surface area contributed by atoms with Crippen molar-refractivity contribution >= 4 is 11.3 Å². The summed E-state index contributed by atoms with van der Waals surface area (Å²) in [5, 5.41) is 0. The van der Waals surface area contributed by atoms with Gasteiger partial charge in [0.15, 0.2) is 0 Å². The van der Waals surface area contributed by atoms with Gasteiger partial charge in [0, 0.05) is 43.5 Å². The predicted molar refractivity (Wildman–Crippen MR) is 58.9 cm³/mol. The largest absolute Gasteiger partial charge is 0.760 e. The Morgan fingerprint density at radius 2 is 1.60 bits per heavy atom. The molecule has 0 spiro atoms. The zero-order valence-electron chi connectivity index (χ0n) is 9.06. The highest BCUT2D eigenvalue weighted by Crippen LogP contribution is 2.23. The molecule has 0 N–H and O–H groups in total. The molecule has 0 aromatic heterocycles. The summed E-state index contributed by atoms with van der Waals surface area (Å²) >= 11 is -2.02. The number of hydrogen-bond acceptors (Lipinski definition) is 3. The quantitative estimate of drug-likeness (QED) is 0.658. The minimum absolute atomic E-state index is 0.673. The molecule has 0 bridgehead atoms. The lowest BCUT2D eigenvalue weighted by Crippen LogP contribution is -2.51. The van der Waals surface area contributed by atoms with Gasteiger partial charge >= 0.3 is 0 Å². The Labute approximate surface area is 94.0 Å². The van der Waals surface area contributed by atoms with Crippen molar-refractivity contribution in [1.29, 1.82) is 0 Å². The molecule has 0 aromatic carbocycles. The fraction of sp³-hybridized carbons (Fsp3) is 1.00. The Hall–Kier alpha value is 0.0300. The molecule has 1 saturated heterocycles. The molecule has 5 heteroatoms. The normalized spacial score (nSPS) is 29.1. The van der Waals surface area contributed by atoms with Gasteiger partial charge in [0.25, 0.3) is 0 Å². The second kappa shape index (κ2) is 5.39. The van der Waals surface area contributed by atoms with Crippen LogP contribution in [-0.4, -0.2) is 50.2 Å². The first kappa shape index (κ1) is 11.5. The summed E-state index contributed by atoms with van der Waals surface area (Å²) in [6, 6.07) is 0.723. The molecule has 2 fully saturated rings. The van der Waals surface area contributed by atoms with Crippen LogP contribution >= 0.6 is 0 Å². The predicted octanol–water partition coefficient (Wildman–Crippen LogP) is 0.731. The van der Waals surface area contributed by atoms with Gasteiger partial charge in [-0.1, -0.05) is 19.3 Å². The van der Waals surface area contributed by atoms with Crippen molar-refractivity contribution < 1.29 is 8.76 Å². The lowest BCUT2D eigenvalue weighted by Gasteiger charge is -2.40. The van der Waals surface area contributed by atoms with Gasteiger partial charge in [0.1, 0.15) is 0 Å². The molecular weight excluding hydrogens is 212 g/mol. The summed E-state index contributed by atoms with van der Waals surface area (Å²) in [5.41, 5.74) is 0. The van der Waals surface area contributed by atoms with Crippen molar-refractivity contribution in [3.8, 4) is 0 Å². The number of rotatable bonds is 2. The first-order valence-electron chi connectivity index (χ1n) is 5.86. The summed E-state index contributed by atoms with van der Waals surface area (Å²) < 4.78 is 23.0. The van der Waals surface area contributed by atoms with Gasteiger partial charge in [-0.3, -0.25) is 9.11 Å². The SMILES string of the molecule is O=S([O-])N1CCN(C2CCCCC2)CC1. The third kappa shape index (κ3) is 3.00. The Morgan fingerprint density at radius 3 is 2.13 bits per heavy atom. The molecule has 1 atom stereocenters. The van der Waals surface area contributed by atoms with Gasteiger partial charge < -0.3 is 4.55 Å². The zero-order chi connectivity index (χ0) is 10.7. The molecule has 88 valence electrons. The third-order valence-electron chi connectivity index (χ3n) is 3.58. The second-order valence-electron chi connectivity index (χ2n) is 4.47. The van der Waals surface area contributed by atoms with Crippen molar-refractivity contribution in [2.75, 3.05) is 26.2 Å². The fourth-order valence-corrected chi connectivity index (χ4v) is 3.13. The van der Waals surface area contributed by atoms with E-state index in [0.29, 0.717) is 13.1 Å². The van der Waals surface area contributed by atoms with Crippen LogP contribution in [0, 0.1) is 0 Å². The lowest BCUT2D eigenvalue weighted by atomic mass is 9.94. The smallest absolute Gasteiger partial charge is 0.0231 e. The average Bonchev–Trinajstić information content (AvgIpc) is 2.30. The van der Waals surface area contributed by atoms with E-state index in [-0.39, 0.29) is 0 Å². The van der Waals surface area contributed by atoms with Gasteiger partial charge in [-0.15, -0.1) is 0 Å². The molecule has 1 aliphatic carbocycles. The topological polar surface area (TPSA) is 46.6 Å². The maximum atomic E-state index is 10.7. The van der Waals surface area contributed by atoms with E-state index in [4.69, 9.17) is 0 Å². The van der Waals surface area contributed by atoms with Crippen LogP contribution in [0.1, 0.15) is 32.1 Å². The summed E-state index contributed by atoms with van der Waals surface area (Å²) in [4.78, 5) is 2.47. The molecule has 0 aromatic rings. The molecule has 1 heterocycles. The summed E-state index contributed by atoms with van der Waals surface area (Å²) in [6.45, 7) is 3.18. The number of nitrogens with zero attached hydrogens (tertiary/aromatic N) is 2. The van der Waals surface area contributed by atoms with Crippen LogP contribution in [0.3, 0.4) is 0 Å². The van der Waals surface area contributed by atoms with Crippen molar-refractivity contribution in [1.82, 2.24) is 9.21 Å². The Morgan fingerprint density at radius 1 is 1.00 bits per heavy atom. The molecular formula is C10H19N2O2S-. The van der Waals surface area contributed by atoms with E-state index < -0.39 is 11.3 Å². The maximum absolute atomic E-state index is 10.7. The van der Waals surface area contributed by atoms with E-state index in [0.717, 1.165) is 19.1 Å². The van der Waals surface area contributed by atoms with Crippen LogP contribution in [-0.2, 0) is 11.3 Å². The van der Waals surface area contributed by atoms with E-state index in [2.05, 4.69) is 4.90 Å². The number of hydrogen-bond donors (Lipinski definition) is 0. The van der Waals surface area contributed by atoms with Gasteiger partial charge in [0.2, 0.25) is 0 Å². The minimum atomic E-state index is -2.02. The highest BCUT2D eigenvalue weighted by Gasteiger charge is 2.25. The van der Waals surface area contributed by atoms with Crippen LogP contribution in [0.15, 0.2) is 0 Å². The van der Waals surface area contributed by atoms with Crippen LogP contribution in [0.25, 0.3) is 0 Å². The highest BCUT2D eigenvalue weighted by atomic mass is 32.2. The molecule has 15 heavy (non-hydrogen) atoms. The monoisotopic (exact) mass is 231 g/mol. The van der Waals surface area contributed by atoms with Crippen molar-refractivity contribution in [2.24, 2.45) is 0 Å². The van der Waals surface area contributed by atoms with Gasteiger partial charge in [-0.2, -0.15) is 0 Å². The molecule has 1 unspecified atom stereocenters. The summed E-state index contributed by atoms with van der Waals surface area (Å²) in [7, 11) is 0. The highest BCUT2D eigenvalue weighted by molar-refractivity contribution is 7.76. The van der Waals surface area contributed by atoms with Crippen molar-refractivity contribution in [3.05, 3.63) is 0 Å². The van der Waals surface area contributed by atoms with E-state index in [1.54, 1.807) is 0 Å². The van der Waals surface area contributed by atoms with E-state index in [1.807, 2.05) is 0 Å². The maximum Gasteiger partial charge on any atom is 0.0231 e. The first-order valence-corrected chi connectivity index (χ1v) is 6.89. The van der Waals surface area contributed by atoms with Crippen LogP contribution in [0.2, 0.25) is 0 Å². The molecule has 1 aliphatic heterocycles. The molecule has 1 saturated carbocycles. The summed E-state index contributed by atoms with van der Waals surface area (Å²) in [5.74, 6) is 0. The molecule has 2 rings (SSSR count). The molecule has 2 aliphatic rings. The Balaban J connectivity index is 1.79. The fourth-order valence-electron chi connectivity index (χ4n) is 2.66. The van der Waals surface area contributed by atoms with Gasteiger partial charge in [-0.25, -0.2) is 4.31 Å². The van der Waals surface area contributed by atoms with Crippen LogP contribution in [0.4, 0.5) is 0 Å².